The van der Waals surface area contributed by atoms with Crippen LogP contribution < -0.4 is 5.32 Å². The molecular formula is C17H19N3O2S. The Balaban J connectivity index is 1.35. The second-order valence-corrected chi connectivity index (χ2v) is 7.46. The minimum absolute atomic E-state index is 0.128. The topological polar surface area (TPSA) is 62.3 Å². The predicted octanol–water partition coefficient (Wildman–Crippen LogP) is 1.97. The summed E-state index contributed by atoms with van der Waals surface area (Å²) in [4.78, 5) is 30.4. The van der Waals surface area contributed by atoms with E-state index in [9.17, 15) is 9.59 Å². The van der Waals surface area contributed by atoms with Crippen molar-refractivity contribution in [1.29, 1.82) is 0 Å². The molecule has 2 fully saturated rings. The van der Waals surface area contributed by atoms with Gasteiger partial charge in [-0.2, -0.15) is 0 Å². The number of carbonyl (C=O) groups is 2. The zero-order valence-electron chi connectivity index (χ0n) is 12.8. The Morgan fingerprint density at radius 3 is 3.13 bits per heavy atom. The third kappa shape index (κ3) is 2.95. The van der Waals surface area contributed by atoms with Crippen molar-refractivity contribution < 1.29 is 9.59 Å². The number of amides is 2. The number of aromatic nitrogens is 1. The number of aryl methyl sites for hydroxylation is 1. The number of nitrogens with zero attached hydrogens (tertiary/aromatic N) is 2. The molecule has 0 aliphatic carbocycles. The fourth-order valence-corrected chi connectivity index (χ4v) is 4.50. The van der Waals surface area contributed by atoms with Crippen LogP contribution in [-0.2, 0) is 16.0 Å². The lowest BCUT2D eigenvalue weighted by atomic mass is 9.92. The minimum atomic E-state index is 0.128. The summed E-state index contributed by atoms with van der Waals surface area (Å²) in [5.41, 5.74) is 1.01. The van der Waals surface area contributed by atoms with Gasteiger partial charge in [-0.3, -0.25) is 9.59 Å². The average molecular weight is 329 g/mol. The molecule has 3 heterocycles. The van der Waals surface area contributed by atoms with Gasteiger partial charge in [-0.25, -0.2) is 4.98 Å². The second kappa shape index (κ2) is 5.92. The highest BCUT2D eigenvalue weighted by atomic mass is 32.1. The molecule has 2 atom stereocenters. The number of rotatable bonds is 3. The molecule has 1 aromatic heterocycles. The maximum atomic E-state index is 12.4. The lowest BCUT2D eigenvalue weighted by Gasteiger charge is -2.34. The molecule has 2 saturated heterocycles. The fourth-order valence-electron chi connectivity index (χ4n) is 3.54. The van der Waals surface area contributed by atoms with Crippen LogP contribution in [-0.4, -0.2) is 40.8 Å². The van der Waals surface area contributed by atoms with Crippen molar-refractivity contribution in [3.05, 3.63) is 29.3 Å². The summed E-state index contributed by atoms with van der Waals surface area (Å²) in [5, 5.41) is 4.01. The molecule has 0 bridgehead atoms. The summed E-state index contributed by atoms with van der Waals surface area (Å²) in [6.45, 7) is 1.43. The molecule has 1 N–H and O–H groups in total. The van der Waals surface area contributed by atoms with E-state index in [0.29, 0.717) is 31.7 Å². The third-order valence-electron chi connectivity index (χ3n) is 4.79. The lowest BCUT2D eigenvalue weighted by molar-refractivity contribution is -0.133. The number of piperidine rings is 1. The van der Waals surface area contributed by atoms with Crippen LogP contribution >= 0.6 is 11.3 Å². The number of hydrogen-bond donors (Lipinski definition) is 1. The summed E-state index contributed by atoms with van der Waals surface area (Å²) in [7, 11) is 0. The molecule has 120 valence electrons. The smallest absolute Gasteiger partial charge is 0.223 e. The van der Waals surface area contributed by atoms with Gasteiger partial charge in [-0.1, -0.05) is 12.1 Å². The van der Waals surface area contributed by atoms with E-state index in [4.69, 9.17) is 0 Å². The van der Waals surface area contributed by atoms with Crippen LogP contribution in [0.15, 0.2) is 24.3 Å². The molecule has 23 heavy (non-hydrogen) atoms. The van der Waals surface area contributed by atoms with Crippen LogP contribution in [0.25, 0.3) is 10.2 Å². The summed E-state index contributed by atoms with van der Waals surface area (Å²) in [6, 6.07) is 8.21. The van der Waals surface area contributed by atoms with Crippen molar-refractivity contribution in [2.75, 3.05) is 13.1 Å². The standard InChI is InChI=1S/C17H19N3O2S/c21-15-9-11-7-8-20(10-13(11)18-15)17(22)6-5-16-19-12-3-1-2-4-14(12)23-16/h1-4,11,13H,5-10H2,(H,18,21)/t11-,13-/m1/s1. The second-order valence-electron chi connectivity index (χ2n) is 6.34. The van der Waals surface area contributed by atoms with E-state index in [1.165, 1.54) is 4.70 Å². The molecule has 0 spiro atoms. The van der Waals surface area contributed by atoms with Gasteiger partial charge in [0.2, 0.25) is 11.8 Å². The number of thiazole rings is 1. The molecule has 6 heteroatoms. The molecule has 2 aliphatic rings. The first-order valence-corrected chi connectivity index (χ1v) is 8.92. The van der Waals surface area contributed by atoms with Crippen molar-refractivity contribution in [3.8, 4) is 0 Å². The number of fused-ring (bicyclic) bond motifs is 2. The molecule has 2 aliphatic heterocycles. The zero-order chi connectivity index (χ0) is 15.8. The SMILES string of the molecule is O=C1C[C@H]2CCN(C(=O)CCc3nc4ccccc4s3)C[C@H]2N1. The number of benzene rings is 1. The fraction of sp³-hybridized carbons (Fsp3) is 0.471. The van der Waals surface area contributed by atoms with Crippen LogP contribution in [0, 0.1) is 5.92 Å². The summed E-state index contributed by atoms with van der Waals surface area (Å²) < 4.78 is 1.17. The van der Waals surface area contributed by atoms with Gasteiger partial charge in [0.15, 0.2) is 0 Å². The molecule has 5 nitrogen and oxygen atoms in total. The average Bonchev–Trinajstić information content (AvgIpc) is 3.13. The van der Waals surface area contributed by atoms with Crippen LogP contribution in [0.2, 0.25) is 0 Å². The molecule has 0 radical (unpaired) electrons. The van der Waals surface area contributed by atoms with E-state index in [1.54, 1.807) is 11.3 Å². The maximum absolute atomic E-state index is 12.4. The molecular weight excluding hydrogens is 310 g/mol. The summed E-state index contributed by atoms with van der Waals surface area (Å²) in [5.74, 6) is 0.712. The Morgan fingerprint density at radius 1 is 1.39 bits per heavy atom. The predicted molar refractivity (Wildman–Crippen MR) is 89.2 cm³/mol. The van der Waals surface area contributed by atoms with Crippen molar-refractivity contribution in [2.24, 2.45) is 5.92 Å². The Hall–Kier alpha value is -1.95. The zero-order valence-corrected chi connectivity index (χ0v) is 13.6. The van der Waals surface area contributed by atoms with E-state index >= 15 is 0 Å². The minimum Gasteiger partial charge on any atom is -0.351 e. The number of hydrogen-bond acceptors (Lipinski definition) is 4. The summed E-state index contributed by atoms with van der Waals surface area (Å²) >= 11 is 1.66. The first-order chi connectivity index (χ1) is 11.2. The monoisotopic (exact) mass is 329 g/mol. The Bertz CT molecular complexity index is 724. The van der Waals surface area contributed by atoms with Gasteiger partial charge >= 0.3 is 0 Å². The van der Waals surface area contributed by atoms with Gasteiger partial charge in [-0.15, -0.1) is 11.3 Å². The van der Waals surface area contributed by atoms with Crippen LogP contribution in [0.4, 0.5) is 0 Å². The molecule has 2 amide bonds. The van der Waals surface area contributed by atoms with Gasteiger partial charge in [0.25, 0.3) is 0 Å². The third-order valence-corrected chi connectivity index (χ3v) is 5.89. The molecule has 1 aromatic carbocycles. The van der Waals surface area contributed by atoms with E-state index in [1.807, 2.05) is 23.1 Å². The number of carbonyl (C=O) groups excluding carboxylic acids is 2. The van der Waals surface area contributed by atoms with E-state index in [-0.39, 0.29) is 17.9 Å². The molecule has 4 rings (SSSR count). The van der Waals surface area contributed by atoms with Gasteiger partial charge in [0.05, 0.1) is 15.2 Å². The van der Waals surface area contributed by atoms with E-state index in [0.717, 1.165) is 23.5 Å². The molecule has 0 unspecified atom stereocenters. The van der Waals surface area contributed by atoms with Crippen LogP contribution in [0.1, 0.15) is 24.3 Å². The van der Waals surface area contributed by atoms with Crippen molar-refractivity contribution in [3.63, 3.8) is 0 Å². The van der Waals surface area contributed by atoms with Gasteiger partial charge < -0.3 is 10.2 Å². The first kappa shape index (κ1) is 14.6. The van der Waals surface area contributed by atoms with Crippen molar-refractivity contribution in [1.82, 2.24) is 15.2 Å². The summed E-state index contributed by atoms with van der Waals surface area (Å²) in [6.07, 6.45) is 2.73. The Labute approximate surface area is 138 Å². The highest BCUT2D eigenvalue weighted by Gasteiger charge is 2.37. The van der Waals surface area contributed by atoms with Gasteiger partial charge in [-0.05, 0) is 24.5 Å². The number of likely N-dealkylation sites (tertiary alicyclic amines) is 1. The Morgan fingerprint density at radius 2 is 2.26 bits per heavy atom. The normalized spacial score (nSPS) is 23.8. The van der Waals surface area contributed by atoms with Crippen molar-refractivity contribution >= 4 is 33.4 Å². The van der Waals surface area contributed by atoms with Crippen LogP contribution in [0.3, 0.4) is 0 Å². The largest absolute Gasteiger partial charge is 0.351 e. The number of para-hydroxylation sites is 1. The lowest BCUT2D eigenvalue weighted by Crippen LogP contribution is -2.49. The maximum Gasteiger partial charge on any atom is 0.223 e. The van der Waals surface area contributed by atoms with E-state index in [2.05, 4.69) is 16.4 Å². The highest BCUT2D eigenvalue weighted by Crippen LogP contribution is 2.27. The van der Waals surface area contributed by atoms with Gasteiger partial charge in [0.1, 0.15) is 0 Å². The first-order valence-electron chi connectivity index (χ1n) is 8.10. The Kier molecular flexibility index (Phi) is 3.77. The number of nitrogens with one attached hydrogen (secondary N) is 1. The van der Waals surface area contributed by atoms with Crippen molar-refractivity contribution in [2.45, 2.75) is 31.7 Å². The quantitative estimate of drug-likeness (QED) is 0.936. The van der Waals surface area contributed by atoms with E-state index < -0.39 is 0 Å². The highest BCUT2D eigenvalue weighted by molar-refractivity contribution is 7.18. The van der Waals surface area contributed by atoms with Gasteiger partial charge in [0, 0.05) is 38.4 Å². The van der Waals surface area contributed by atoms with Crippen LogP contribution in [0.5, 0.6) is 0 Å². The molecule has 2 aromatic rings. The molecule has 0 saturated carbocycles.